The van der Waals surface area contributed by atoms with Crippen LogP contribution in [0, 0.1) is 0 Å². The SMILES string of the molecule is CCCOS(=O)(=O)c1cccc2ccccc12.c1ccc2ccccc2c1. The molecule has 0 saturated heterocycles. The lowest BCUT2D eigenvalue weighted by atomic mass is 10.1. The van der Waals surface area contributed by atoms with Gasteiger partial charge >= 0.3 is 0 Å². The molecule has 0 atom stereocenters. The normalized spacial score (nSPS) is 11.1. The van der Waals surface area contributed by atoms with E-state index in [1.54, 1.807) is 18.2 Å². The highest BCUT2D eigenvalue weighted by molar-refractivity contribution is 7.87. The summed E-state index contributed by atoms with van der Waals surface area (Å²) < 4.78 is 28.9. The number of rotatable bonds is 4. The lowest BCUT2D eigenvalue weighted by Gasteiger charge is -2.07. The van der Waals surface area contributed by atoms with E-state index in [0.717, 1.165) is 5.39 Å². The van der Waals surface area contributed by atoms with E-state index < -0.39 is 10.1 Å². The Morgan fingerprint density at radius 2 is 1.15 bits per heavy atom. The van der Waals surface area contributed by atoms with Crippen LogP contribution in [-0.2, 0) is 14.3 Å². The smallest absolute Gasteiger partial charge is 0.266 e. The summed E-state index contributed by atoms with van der Waals surface area (Å²) in [6.45, 7) is 2.09. The quantitative estimate of drug-likeness (QED) is 0.422. The molecule has 0 spiro atoms. The lowest BCUT2D eigenvalue weighted by molar-refractivity contribution is 0.318. The van der Waals surface area contributed by atoms with Crippen molar-refractivity contribution < 1.29 is 12.6 Å². The molecule has 0 aliphatic rings. The van der Waals surface area contributed by atoms with Crippen LogP contribution in [0.15, 0.2) is 95.9 Å². The van der Waals surface area contributed by atoms with Crippen molar-refractivity contribution in [3.05, 3.63) is 91.0 Å². The first-order valence-electron chi connectivity index (χ1n) is 8.93. The first kappa shape index (κ1) is 19.1. The van der Waals surface area contributed by atoms with Gasteiger partial charge in [-0.3, -0.25) is 4.18 Å². The van der Waals surface area contributed by atoms with Crippen molar-refractivity contribution in [1.82, 2.24) is 0 Å². The van der Waals surface area contributed by atoms with Crippen molar-refractivity contribution in [2.24, 2.45) is 0 Å². The van der Waals surface area contributed by atoms with E-state index in [-0.39, 0.29) is 11.5 Å². The summed E-state index contributed by atoms with van der Waals surface area (Å²) in [6.07, 6.45) is 0.671. The van der Waals surface area contributed by atoms with E-state index >= 15 is 0 Å². The first-order valence-corrected chi connectivity index (χ1v) is 10.3. The number of hydrogen-bond acceptors (Lipinski definition) is 3. The van der Waals surface area contributed by atoms with Crippen LogP contribution < -0.4 is 0 Å². The van der Waals surface area contributed by atoms with Crippen molar-refractivity contribution in [1.29, 1.82) is 0 Å². The largest absolute Gasteiger partial charge is 0.297 e. The zero-order chi connectivity index (χ0) is 19.1. The minimum absolute atomic E-state index is 0.214. The minimum Gasteiger partial charge on any atom is -0.266 e. The van der Waals surface area contributed by atoms with Crippen LogP contribution in [0.2, 0.25) is 0 Å². The molecule has 4 aromatic carbocycles. The molecule has 0 N–H and O–H groups in total. The van der Waals surface area contributed by atoms with E-state index in [1.807, 2.05) is 31.2 Å². The van der Waals surface area contributed by atoms with E-state index in [0.29, 0.717) is 11.8 Å². The Morgan fingerprint density at radius 1 is 0.667 bits per heavy atom. The topological polar surface area (TPSA) is 43.4 Å². The van der Waals surface area contributed by atoms with Crippen molar-refractivity contribution in [2.45, 2.75) is 18.2 Å². The van der Waals surface area contributed by atoms with Gasteiger partial charge in [-0.2, -0.15) is 8.42 Å². The van der Waals surface area contributed by atoms with E-state index in [4.69, 9.17) is 4.18 Å². The van der Waals surface area contributed by atoms with Gasteiger partial charge in [0.05, 0.1) is 6.61 Å². The molecular weight excluding hydrogens is 356 g/mol. The first-order chi connectivity index (χ1) is 13.1. The van der Waals surface area contributed by atoms with Gasteiger partial charge in [-0.1, -0.05) is 91.9 Å². The van der Waals surface area contributed by atoms with Crippen molar-refractivity contribution in [3.63, 3.8) is 0 Å². The van der Waals surface area contributed by atoms with Gasteiger partial charge in [0.15, 0.2) is 0 Å². The van der Waals surface area contributed by atoms with Gasteiger partial charge in [0, 0.05) is 5.39 Å². The third-order valence-corrected chi connectivity index (χ3v) is 5.49. The molecule has 3 nitrogen and oxygen atoms in total. The molecule has 4 rings (SSSR count). The monoisotopic (exact) mass is 378 g/mol. The van der Waals surface area contributed by atoms with Crippen LogP contribution in [0.5, 0.6) is 0 Å². The van der Waals surface area contributed by atoms with Gasteiger partial charge in [0.2, 0.25) is 0 Å². The van der Waals surface area contributed by atoms with Crippen LogP contribution in [0.25, 0.3) is 21.5 Å². The maximum atomic E-state index is 12.0. The Kier molecular flexibility index (Phi) is 6.22. The van der Waals surface area contributed by atoms with E-state index in [9.17, 15) is 8.42 Å². The summed E-state index contributed by atoms with van der Waals surface area (Å²) in [5, 5.41) is 4.22. The molecule has 0 radical (unpaired) electrons. The van der Waals surface area contributed by atoms with Crippen LogP contribution in [-0.4, -0.2) is 15.0 Å². The predicted molar refractivity (Wildman–Crippen MR) is 111 cm³/mol. The van der Waals surface area contributed by atoms with Crippen LogP contribution in [0.4, 0.5) is 0 Å². The molecule has 0 amide bonds. The van der Waals surface area contributed by atoms with Crippen molar-refractivity contribution in [3.8, 4) is 0 Å². The standard InChI is InChI=1S/C13H14O3S.C10H8/c1-2-10-16-17(14,15)13-9-5-7-11-6-3-4-8-12(11)13;1-2-6-10-8-4-3-7-9(10)5-1/h3-9H,2,10H2,1H3;1-8H. The highest BCUT2D eigenvalue weighted by Gasteiger charge is 2.17. The minimum atomic E-state index is -3.65. The molecule has 0 bridgehead atoms. The van der Waals surface area contributed by atoms with Gasteiger partial charge in [-0.25, -0.2) is 0 Å². The molecule has 138 valence electrons. The molecule has 27 heavy (non-hydrogen) atoms. The van der Waals surface area contributed by atoms with Gasteiger partial charge < -0.3 is 0 Å². The third kappa shape index (κ3) is 4.73. The fourth-order valence-electron chi connectivity index (χ4n) is 2.80. The molecule has 0 heterocycles. The summed E-state index contributed by atoms with van der Waals surface area (Å²) >= 11 is 0. The van der Waals surface area contributed by atoms with Gasteiger partial charge in [-0.05, 0) is 28.6 Å². The summed E-state index contributed by atoms with van der Waals surface area (Å²) in [4.78, 5) is 0.240. The summed E-state index contributed by atoms with van der Waals surface area (Å²) in [7, 11) is -3.65. The van der Waals surface area contributed by atoms with Gasteiger partial charge in [0.25, 0.3) is 10.1 Å². The lowest BCUT2D eigenvalue weighted by Crippen LogP contribution is -2.07. The van der Waals surface area contributed by atoms with Gasteiger partial charge in [-0.15, -0.1) is 0 Å². The number of benzene rings is 4. The zero-order valence-electron chi connectivity index (χ0n) is 15.2. The predicted octanol–water partition coefficient (Wildman–Crippen LogP) is 5.79. The maximum Gasteiger partial charge on any atom is 0.297 e. The summed E-state index contributed by atoms with van der Waals surface area (Å²) in [5.41, 5.74) is 0. The van der Waals surface area contributed by atoms with E-state index in [2.05, 4.69) is 48.5 Å². The fourth-order valence-corrected chi connectivity index (χ4v) is 4.02. The number of hydrogen-bond donors (Lipinski definition) is 0. The molecule has 0 aromatic heterocycles. The van der Waals surface area contributed by atoms with Crippen molar-refractivity contribution >= 4 is 31.7 Å². The second-order valence-electron chi connectivity index (χ2n) is 6.10. The highest BCUT2D eigenvalue weighted by Crippen LogP contribution is 2.24. The Hall–Kier alpha value is -2.69. The van der Waals surface area contributed by atoms with Gasteiger partial charge in [0.1, 0.15) is 4.90 Å². The molecule has 4 aromatic rings. The van der Waals surface area contributed by atoms with Crippen LogP contribution >= 0.6 is 0 Å². The molecule has 0 aliphatic carbocycles. The summed E-state index contributed by atoms with van der Waals surface area (Å²) in [6, 6.07) is 29.3. The highest BCUT2D eigenvalue weighted by atomic mass is 32.2. The number of fused-ring (bicyclic) bond motifs is 2. The second kappa shape index (κ2) is 8.80. The second-order valence-corrected chi connectivity index (χ2v) is 7.68. The fraction of sp³-hybridized carbons (Fsp3) is 0.130. The third-order valence-electron chi connectivity index (χ3n) is 4.12. The molecule has 4 heteroatoms. The maximum absolute atomic E-state index is 12.0. The van der Waals surface area contributed by atoms with E-state index in [1.165, 1.54) is 10.8 Å². The molecule has 0 saturated carbocycles. The summed E-state index contributed by atoms with van der Waals surface area (Å²) in [5.74, 6) is 0. The van der Waals surface area contributed by atoms with Crippen LogP contribution in [0.1, 0.15) is 13.3 Å². The Labute approximate surface area is 160 Å². The molecular formula is C23H22O3S. The molecule has 0 unspecified atom stereocenters. The van der Waals surface area contributed by atoms with Crippen molar-refractivity contribution in [2.75, 3.05) is 6.61 Å². The van der Waals surface area contributed by atoms with Crippen LogP contribution in [0.3, 0.4) is 0 Å². The Balaban J connectivity index is 0.000000177. The average molecular weight is 378 g/mol. The average Bonchev–Trinajstić information content (AvgIpc) is 2.72. The molecule has 0 aliphatic heterocycles. The molecule has 0 fully saturated rings. The Morgan fingerprint density at radius 3 is 1.70 bits per heavy atom. The zero-order valence-corrected chi connectivity index (χ0v) is 16.0. The Bertz CT molecular complexity index is 1060.